The molecule has 1 saturated carbocycles. The lowest BCUT2D eigenvalue weighted by Crippen LogP contribution is -2.65. The molecule has 7 nitrogen and oxygen atoms in total. The maximum Gasteiger partial charge on any atom is 0.187 e. The van der Waals surface area contributed by atoms with Crippen molar-refractivity contribution in [1.29, 1.82) is 0 Å². The third-order valence-electron chi connectivity index (χ3n) is 5.80. The molecule has 4 rings (SSSR count). The van der Waals surface area contributed by atoms with Crippen LogP contribution in [0.1, 0.15) is 40.0 Å². The minimum Gasteiger partial charge on any atom is -0.394 e. The highest BCUT2D eigenvalue weighted by Crippen LogP contribution is 2.51. The highest BCUT2D eigenvalue weighted by atomic mass is 16.7. The number of hydrogen-bond donors (Lipinski definition) is 4. The molecule has 3 heterocycles. The molecule has 4 N–H and O–H groups in total. The van der Waals surface area contributed by atoms with E-state index in [0.717, 1.165) is 19.3 Å². The molecular formula is C16H28O7. The van der Waals surface area contributed by atoms with Crippen molar-refractivity contribution in [3.05, 3.63) is 0 Å². The SMILES string of the molecule is CC1(C)O[C@@]2(C)CC[C@@H]1C[C@H]2O[C@@H]1O[C@@H](CO)[C@@H](O)[C@@H](O)[C@H]1O. The van der Waals surface area contributed by atoms with Crippen molar-refractivity contribution >= 4 is 0 Å². The van der Waals surface area contributed by atoms with E-state index in [9.17, 15) is 20.4 Å². The lowest BCUT2D eigenvalue weighted by molar-refractivity contribution is -0.353. The zero-order valence-corrected chi connectivity index (χ0v) is 13.9. The fraction of sp³-hybridized carbons (Fsp3) is 1.00. The van der Waals surface area contributed by atoms with Gasteiger partial charge in [0.15, 0.2) is 6.29 Å². The van der Waals surface area contributed by atoms with Crippen LogP contribution < -0.4 is 0 Å². The average Bonchev–Trinajstić information content (AvgIpc) is 2.48. The molecule has 0 amide bonds. The molecule has 7 heteroatoms. The van der Waals surface area contributed by atoms with Crippen LogP contribution in [0.2, 0.25) is 0 Å². The van der Waals surface area contributed by atoms with Crippen LogP contribution in [0.25, 0.3) is 0 Å². The molecular weight excluding hydrogens is 304 g/mol. The van der Waals surface area contributed by atoms with E-state index in [1.54, 1.807) is 0 Å². The molecule has 2 bridgehead atoms. The minimum atomic E-state index is -1.42. The van der Waals surface area contributed by atoms with Crippen molar-refractivity contribution in [1.82, 2.24) is 0 Å². The zero-order valence-electron chi connectivity index (χ0n) is 13.9. The standard InChI is InChI=1S/C16H28O7/c1-15(2)8-4-5-16(3,23-15)10(6-8)22-14-13(20)12(19)11(18)9(7-17)21-14/h8-14,17-20H,4-7H2,1-3H3/t8-,9+,10-,11-,12-,13-,14+,16+/m1/s1. The Kier molecular flexibility index (Phi) is 4.51. The van der Waals surface area contributed by atoms with Crippen LogP contribution in [0.5, 0.6) is 0 Å². The lowest BCUT2D eigenvalue weighted by atomic mass is 9.67. The van der Waals surface area contributed by atoms with Crippen LogP contribution in [0, 0.1) is 5.92 Å². The van der Waals surface area contributed by atoms with Gasteiger partial charge in [-0.1, -0.05) is 0 Å². The van der Waals surface area contributed by atoms with E-state index in [1.165, 1.54) is 0 Å². The summed E-state index contributed by atoms with van der Waals surface area (Å²) in [6, 6.07) is 0. The molecule has 3 aliphatic heterocycles. The van der Waals surface area contributed by atoms with Gasteiger partial charge in [0.05, 0.1) is 23.9 Å². The van der Waals surface area contributed by atoms with Gasteiger partial charge in [0.1, 0.15) is 24.4 Å². The van der Waals surface area contributed by atoms with E-state index < -0.39 is 42.9 Å². The van der Waals surface area contributed by atoms with Crippen LogP contribution in [-0.2, 0) is 14.2 Å². The molecule has 23 heavy (non-hydrogen) atoms. The van der Waals surface area contributed by atoms with Crippen molar-refractivity contribution in [3.8, 4) is 0 Å². The van der Waals surface area contributed by atoms with E-state index in [4.69, 9.17) is 14.2 Å². The molecule has 1 aliphatic carbocycles. The summed E-state index contributed by atoms with van der Waals surface area (Å²) in [5, 5.41) is 39.1. The highest BCUT2D eigenvalue weighted by Gasteiger charge is 2.56. The van der Waals surface area contributed by atoms with Gasteiger partial charge in [-0.2, -0.15) is 0 Å². The molecule has 4 aliphatic rings. The van der Waals surface area contributed by atoms with Crippen LogP contribution in [0.4, 0.5) is 0 Å². The number of aliphatic hydroxyl groups excluding tert-OH is 4. The number of aliphatic hydroxyl groups is 4. The molecule has 0 radical (unpaired) electrons. The van der Waals surface area contributed by atoms with Gasteiger partial charge in [-0.15, -0.1) is 0 Å². The first-order valence-electron chi connectivity index (χ1n) is 8.34. The second kappa shape index (κ2) is 5.91. The summed E-state index contributed by atoms with van der Waals surface area (Å²) in [5.74, 6) is 0.360. The first-order valence-corrected chi connectivity index (χ1v) is 8.34. The maximum atomic E-state index is 10.1. The Labute approximate surface area is 136 Å². The summed E-state index contributed by atoms with van der Waals surface area (Å²) >= 11 is 0. The Balaban J connectivity index is 1.72. The van der Waals surface area contributed by atoms with Gasteiger partial charge in [-0.3, -0.25) is 0 Å². The zero-order chi connectivity index (χ0) is 17.0. The topological polar surface area (TPSA) is 109 Å². The molecule has 0 aromatic heterocycles. The first-order chi connectivity index (χ1) is 10.7. The lowest BCUT2D eigenvalue weighted by Gasteiger charge is -2.58. The molecule has 3 saturated heterocycles. The Hall–Kier alpha value is -0.280. The fourth-order valence-electron chi connectivity index (χ4n) is 4.22. The third-order valence-corrected chi connectivity index (χ3v) is 5.80. The summed E-state index contributed by atoms with van der Waals surface area (Å²) in [6.07, 6.45) is -3.76. The number of fused-ring (bicyclic) bond motifs is 3. The molecule has 8 atom stereocenters. The van der Waals surface area contributed by atoms with E-state index in [0.29, 0.717) is 5.92 Å². The fourth-order valence-corrected chi connectivity index (χ4v) is 4.22. The Morgan fingerprint density at radius 1 is 1.09 bits per heavy atom. The minimum absolute atomic E-state index is 0.206. The van der Waals surface area contributed by atoms with E-state index >= 15 is 0 Å². The Morgan fingerprint density at radius 3 is 2.35 bits per heavy atom. The van der Waals surface area contributed by atoms with Gasteiger partial charge in [-0.05, 0) is 46.0 Å². The second-order valence-corrected chi connectivity index (χ2v) is 7.81. The monoisotopic (exact) mass is 332 g/mol. The molecule has 0 spiro atoms. The predicted octanol–water partition coefficient (Wildman–Crippen LogP) is -0.461. The van der Waals surface area contributed by atoms with Gasteiger partial charge in [0.2, 0.25) is 0 Å². The molecule has 0 aromatic carbocycles. The van der Waals surface area contributed by atoms with Crippen LogP contribution in [0.15, 0.2) is 0 Å². The van der Waals surface area contributed by atoms with Crippen LogP contribution >= 0.6 is 0 Å². The van der Waals surface area contributed by atoms with Crippen molar-refractivity contribution in [2.75, 3.05) is 6.61 Å². The van der Waals surface area contributed by atoms with Crippen molar-refractivity contribution in [2.45, 2.75) is 88.0 Å². The summed E-state index contributed by atoms with van der Waals surface area (Å²) in [4.78, 5) is 0. The normalized spacial score (nSPS) is 52.6. The molecule has 4 fully saturated rings. The van der Waals surface area contributed by atoms with Gasteiger partial charge >= 0.3 is 0 Å². The quantitative estimate of drug-likeness (QED) is 0.554. The van der Waals surface area contributed by atoms with Crippen molar-refractivity contribution in [2.24, 2.45) is 5.92 Å². The maximum absolute atomic E-state index is 10.1. The summed E-state index contributed by atoms with van der Waals surface area (Å²) in [6.45, 7) is 5.70. The summed E-state index contributed by atoms with van der Waals surface area (Å²) < 4.78 is 17.6. The van der Waals surface area contributed by atoms with Crippen LogP contribution in [-0.4, -0.2) is 75.0 Å². The summed E-state index contributed by atoms with van der Waals surface area (Å²) in [5.41, 5.74) is -0.681. The van der Waals surface area contributed by atoms with Gasteiger partial charge in [0, 0.05) is 0 Å². The van der Waals surface area contributed by atoms with E-state index in [2.05, 4.69) is 13.8 Å². The summed E-state index contributed by atoms with van der Waals surface area (Å²) in [7, 11) is 0. The molecule has 134 valence electrons. The van der Waals surface area contributed by atoms with E-state index in [-0.39, 0.29) is 11.7 Å². The highest BCUT2D eigenvalue weighted by molar-refractivity contribution is 5.04. The number of ether oxygens (including phenoxy) is 3. The predicted molar refractivity (Wildman–Crippen MR) is 79.6 cm³/mol. The smallest absolute Gasteiger partial charge is 0.187 e. The largest absolute Gasteiger partial charge is 0.394 e. The average molecular weight is 332 g/mol. The molecule has 0 aromatic rings. The number of rotatable bonds is 3. The van der Waals surface area contributed by atoms with Gasteiger partial charge in [-0.25, -0.2) is 0 Å². The Bertz CT molecular complexity index is 440. The van der Waals surface area contributed by atoms with Crippen molar-refractivity contribution < 1.29 is 34.6 Å². The first kappa shape index (κ1) is 17.5. The Morgan fingerprint density at radius 2 is 1.78 bits per heavy atom. The van der Waals surface area contributed by atoms with Gasteiger partial charge < -0.3 is 34.6 Å². The van der Waals surface area contributed by atoms with Crippen molar-refractivity contribution in [3.63, 3.8) is 0 Å². The van der Waals surface area contributed by atoms with Gasteiger partial charge in [0.25, 0.3) is 0 Å². The van der Waals surface area contributed by atoms with Crippen LogP contribution in [0.3, 0.4) is 0 Å². The number of hydrogen-bond acceptors (Lipinski definition) is 7. The van der Waals surface area contributed by atoms with E-state index in [1.807, 2.05) is 6.92 Å². The third kappa shape index (κ3) is 2.93. The second-order valence-electron chi connectivity index (χ2n) is 7.81. The molecule has 0 unspecified atom stereocenters.